The molecule has 1 atom stereocenters. The molecule has 0 radical (unpaired) electrons. The molecule has 0 saturated heterocycles. The predicted octanol–water partition coefficient (Wildman–Crippen LogP) is 1.06. The molecule has 0 saturated carbocycles. The Morgan fingerprint density at radius 3 is 2.62 bits per heavy atom. The van der Waals surface area contributed by atoms with Gasteiger partial charge in [-0.3, -0.25) is 9.59 Å². The van der Waals surface area contributed by atoms with E-state index in [9.17, 15) is 14.7 Å². The monoisotopic (exact) mass is 289 g/mol. The maximum absolute atomic E-state index is 12.2. The minimum Gasteiger partial charge on any atom is -0.388 e. The van der Waals surface area contributed by atoms with Crippen molar-refractivity contribution in [2.45, 2.75) is 26.4 Å². The molecule has 112 valence electrons. The van der Waals surface area contributed by atoms with Gasteiger partial charge in [-0.2, -0.15) is 5.10 Å². The second kappa shape index (κ2) is 5.65. The maximum Gasteiger partial charge on any atom is 0.272 e. The first-order chi connectivity index (χ1) is 9.83. The highest BCUT2D eigenvalue weighted by Gasteiger charge is 2.26. The summed E-state index contributed by atoms with van der Waals surface area (Å²) in [7, 11) is 0. The van der Waals surface area contributed by atoms with Gasteiger partial charge in [-0.1, -0.05) is 32.0 Å². The van der Waals surface area contributed by atoms with Crippen LogP contribution in [0.4, 0.5) is 0 Å². The number of amides is 1. The van der Waals surface area contributed by atoms with Crippen LogP contribution in [0.15, 0.2) is 29.1 Å². The fraction of sp³-hybridized carbons (Fsp3) is 0.400. The summed E-state index contributed by atoms with van der Waals surface area (Å²) in [6, 6.07) is 6.78. The van der Waals surface area contributed by atoms with E-state index in [-0.39, 0.29) is 23.7 Å². The fourth-order valence-corrected chi connectivity index (χ4v) is 1.83. The molecule has 1 aromatic carbocycles. The second-order valence-corrected chi connectivity index (χ2v) is 5.64. The van der Waals surface area contributed by atoms with Crippen LogP contribution in [-0.4, -0.2) is 33.4 Å². The van der Waals surface area contributed by atoms with E-state index in [0.717, 1.165) is 0 Å². The van der Waals surface area contributed by atoms with Crippen molar-refractivity contribution >= 4 is 16.7 Å². The van der Waals surface area contributed by atoms with Crippen LogP contribution >= 0.6 is 0 Å². The molecule has 0 bridgehead atoms. The van der Waals surface area contributed by atoms with Crippen molar-refractivity contribution in [3.8, 4) is 0 Å². The predicted molar refractivity (Wildman–Crippen MR) is 80.2 cm³/mol. The number of aromatic nitrogens is 2. The van der Waals surface area contributed by atoms with E-state index in [1.807, 2.05) is 13.8 Å². The summed E-state index contributed by atoms with van der Waals surface area (Å²) in [6.07, 6.45) is 0. The molecule has 1 amide bonds. The molecule has 6 nitrogen and oxygen atoms in total. The van der Waals surface area contributed by atoms with Gasteiger partial charge >= 0.3 is 0 Å². The van der Waals surface area contributed by atoms with Crippen molar-refractivity contribution in [1.29, 1.82) is 0 Å². The fourth-order valence-electron chi connectivity index (χ4n) is 1.83. The Hall–Kier alpha value is -2.21. The van der Waals surface area contributed by atoms with Crippen LogP contribution in [0.5, 0.6) is 0 Å². The van der Waals surface area contributed by atoms with Gasteiger partial charge < -0.3 is 10.4 Å². The van der Waals surface area contributed by atoms with E-state index in [4.69, 9.17) is 0 Å². The molecular weight excluding hydrogens is 270 g/mol. The van der Waals surface area contributed by atoms with Crippen LogP contribution in [-0.2, 0) is 0 Å². The Morgan fingerprint density at radius 2 is 2.00 bits per heavy atom. The van der Waals surface area contributed by atoms with E-state index in [1.54, 1.807) is 31.2 Å². The molecule has 21 heavy (non-hydrogen) atoms. The molecule has 1 aromatic heterocycles. The molecule has 0 spiro atoms. The topological polar surface area (TPSA) is 95.1 Å². The van der Waals surface area contributed by atoms with E-state index in [1.165, 1.54) is 0 Å². The minimum atomic E-state index is -1.01. The first kappa shape index (κ1) is 15.2. The number of carbonyl (C=O) groups is 1. The molecule has 6 heteroatoms. The summed E-state index contributed by atoms with van der Waals surface area (Å²) in [5.41, 5.74) is -1.20. The number of aromatic amines is 1. The zero-order valence-corrected chi connectivity index (χ0v) is 12.3. The third kappa shape index (κ3) is 3.11. The third-order valence-corrected chi connectivity index (χ3v) is 3.76. The van der Waals surface area contributed by atoms with Gasteiger partial charge in [-0.25, -0.2) is 5.10 Å². The SMILES string of the molecule is CC(C)C(C)(O)CNC(=O)c1n[nH]c(=O)c2ccccc12. The highest BCUT2D eigenvalue weighted by molar-refractivity contribution is 6.04. The summed E-state index contributed by atoms with van der Waals surface area (Å²) >= 11 is 0. The van der Waals surface area contributed by atoms with Crippen molar-refractivity contribution in [1.82, 2.24) is 15.5 Å². The minimum absolute atomic E-state index is 0.00177. The van der Waals surface area contributed by atoms with Crippen LogP contribution < -0.4 is 10.9 Å². The lowest BCUT2D eigenvalue weighted by Crippen LogP contribution is -2.44. The first-order valence-corrected chi connectivity index (χ1v) is 6.81. The zero-order valence-electron chi connectivity index (χ0n) is 12.3. The Bertz CT molecular complexity index is 719. The van der Waals surface area contributed by atoms with Crippen LogP contribution in [0, 0.1) is 5.92 Å². The molecule has 0 fully saturated rings. The molecule has 0 aliphatic rings. The summed E-state index contributed by atoms with van der Waals surface area (Å²) < 4.78 is 0. The Balaban J connectivity index is 2.29. The van der Waals surface area contributed by atoms with E-state index >= 15 is 0 Å². The van der Waals surface area contributed by atoms with Gasteiger partial charge in [0.2, 0.25) is 0 Å². The molecule has 2 rings (SSSR count). The standard InChI is InChI=1S/C15H19N3O3/c1-9(2)15(3,21)8-16-14(20)12-10-6-4-5-7-11(10)13(19)18-17-12/h4-7,9,21H,8H2,1-3H3,(H,16,20)(H,18,19). The highest BCUT2D eigenvalue weighted by atomic mass is 16.3. The van der Waals surface area contributed by atoms with Crippen molar-refractivity contribution in [2.24, 2.45) is 5.92 Å². The van der Waals surface area contributed by atoms with Gasteiger partial charge in [0, 0.05) is 11.9 Å². The lowest BCUT2D eigenvalue weighted by Gasteiger charge is -2.27. The van der Waals surface area contributed by atoms with Crippen molar-refractivity contribution < 1.29 is 9.90 Å². The normalized spacial score (nSPS) is 14.1. The first-order valence-electron chi connectivity index (χ1n) is 6.81. The molecule has 2 aromatic rings. The number of carbonyl (C=O) groups excluding carboxylic acids is 1. The third-order valence-electron chi connectivity index (χ3n) is 3.76. The van der Waals surface area contributed by atoms with Gasteiger partial charge in [0.25, 0.3) is 11.5 Å². The molecular formula is C15H19N3O3. The van der Waals surface area contributed by atoms with Crippen LogP contribution in [0.1, 0.15) is 31.3 Å². The molecule has 3 N–H and O–H groups in total. The van der Waals surface area contributed by atoms with Crippen LogP contribution in [0.3, 0.4) is 0 Å². The van der Waals surface area contributed by atoms with Gasteiger partial charge in [-0.15, -0.1) is 0 Å². The van der Waals surface area contributed by atoms with Gasteiger partial charge in [0.1, 0.15) is 0 Å². The summed E-state index contributed by atoms with van der Waals surface area (Å²) in [4.78, 5) is 23.9. The summed E-state index contributed by atoms with van der Waals surface area (Å²) in [5, 5.41) is 19.8. The van der Waals surface area contributed by atoms with Crippen LogP contribution in [0.25, 0.3) is 10.8 Å². The van der Waals surface area contributed by atoms with E-state index < -0.39 is 11.5 Å². The Morgan fingerprint density at radius 1 is 1.38 bits per heavy atom. The number of hydrogen-bond donors (Lipinski definition) is 3. The number of fused-ring (bicyclic) bond motifs is 1. The molecule has 0 aliphatic heterocycles. The zero-order chi connectivity index (χ0) is 15.6. The van der Waals surface area contributed by atoms with Gasteiger partial charge in [0.15, 0.2) is 5.69 Å². The smallest absolute Gasteiger partial charge is 0.272 e. The van der Waals surface area contributed by atoms with E-state index in [0.29, 0.717) is 10.8 Å². The Kier molecular flexibility index (Phi) is 4.09. The second-order valence-electron chi connectivity index (χ2n) is 5.64. The number of aliphatic hydroxyl groups is 1. The van der Waals surface area contributed by atoms with Crippen LogP contribution in [0.2, 0.25) is 0 Å². The number of rotatable bonds is 4. The highest BCUT2D eigenvalue weighted by Crippen LogP contribution is 2.16. The average Bonchev–Trinajstić information content (AvgIpc) is 2.45. The molecule has 1 unspecified atom stereocenters. The average molecular weight is 289 g/mol. The van der Waals surface area contributed by atoms with Crippen molar-refractivity contribution in [3.05, 3.63) is 40.3 Å². The Labute approximate surface area is 122 Å². The lowest BCUT2D eigenvalue weighted by atomic mass is 9.92. The number of nitrogens with one attached hydrogen (secondary N) is 2. The van der Waals surface area contributed by atoms with Crippen molar-refractivity contribution in [3.63, 3.8) is 0 Å². The molecule has 0 aliphatic carbocycles. The summed E-state index contributed by atoms with van der Waals surface area (Å²) in [5.74, 6) is -0.429. The van der Waals surface area contributed by atoms with Gasteiger partial charge in [0.05, 0.1) is 11.0 Å². The number of hydrogen-bond acceptors (Lipinski definition) is 4. The van der Waals surface area contributed by atoms with Gasteiger partial charge in [-0.05, 0) is 18.9 Å². The summed E-state index contributed by atoms with van der Waals surface area (Å²) in [6.45, 7) is 5.52. The number of nitrogens with zero attached hydrogens (tertiary/aromatic N) is 1. The quantitative estimate of drug-likeness (QED) is 0.784. The number of benzene rings is 1. The number of H-pyrrole nitrogens is 1. The maximum atomic E-state index is 12.2. The van der Waals surface area contributed by atoms with Crippen molar-refractivity contribution in [2.75, 3.05) is 6.54 Å². The largest absolute Gasteiger partial charge is 0.388 e. The van der Waals surface area contributed by atoms with E-state index in [2.05, 4.69) is 15.5 Å². The molecule has 1 heterocycles. The lowest BCUT2D eigenvalue weighted by molar-refractivity contribution is 0.0142.